The van der Waals surface area contributed by atoms with Crippen molar-refractivity contribution in [2.24, 2.45) is 0 Å². The topological polar surface area (TPSA) is 66.9 Å². The van der Waals surface area contributed by atoms with Gasteiger partial charge in [-0.2, -0.15) is 0 Å². The Balaban J connectivity index is 2.14. The van der Waals surface area contributed by atoms with Gasteiger partial charge in [0.05, 0.1) is 6.04 Å². The molecule has 0 fully saturated rings. The molecule has 5 heteroatoms. The molecule has 2 rings (SSSR count). The van der Waals surface area contributed by atoms with Gasteiger partial charge in [-0.05, 0) is 31.9 Å². The minimum atomic E-state index is -0.164. The van der Waals surface area contributed by atoms with E-state index in [1.807, 2.05) is 51.1 Å². The molecule has 0 saturated heterocycles. The molecular weight excluding hydrogens is 276 g/mol. The first-order valence-corrected chi connectivity index (χ1v) is 7.55. The molecule has 2 N–H and O–H groups in total. The Kier molecular flexibility index (Phi) is 5.47. The number of rotatable bonds is 6. The van der Waals surface area contributed by atoms with E-state index in [1.165, 1.54) is 0 Å². The van der Waals surface area contributed by atoms with Crippen LogP contribution < -0.4 is 10.6 Å². The molecule has 0 aliphatic rings. The molecule has 0 aliphatic carbocycles. The Morgan fingerprint density at radius 2 is 1.95 bits per heavy atom. The first-order chi connectivity index (χ1) is 10.6. The molecule has 0 aliphatic heterocycles. The predicted octanol–water partition coefficient (Wildman–Crippen LogP) is 3.10. The average Bonchev–Trinajstić information content (AvgIpc) is 2.52. The molecule has 1 atom stereocenters. The number of carbonyl (C=O) groups excluding carboxylic acids is 1. The van der Waals surface area contributed by atoms with E-state index in [2.05, 4.69) is 20.6 Å². The van der Waals surface area contributed by atoms with Gasteiger partial charge < -0.3 is 10.6 Å². The number of nitrogens with one attached hydrogen (secondary N) is 2. The summed E-state index contributed by atoms with van der Waals surface area (Å²) < 4.78 is 0. The average molecular weight is 298 g/mol. The second-order valence-corrected chi connectivity index (χ2v) is 5.25. The highest BCUT2D eigenvalue weighted by Gasteiger charge is 2.12. The lowest BCUT2D eigenvalue weighted by molar-refractivity contribution is 0.0948. The number of anilines is 1. The van der Waals surface area contributed by atoms with Gasteiger partial charge in [-0.15, -0.1) is 0 Å². The zero-order chi connectivity index (χ0) is 15.9. The largest absolute Gasteiger partial charge is 0.351 e. The fourth-order valence-electron chi connectivity index (χ4n) is 2.10. The Morgan fingerprint density at radius 1 is 1.23 bits per heavy atom. The fraction of sp³-hybridized carbons (Fsp3) is 0.353. The summed E-state index contributed by atoms with van der Waals surface area (Å²) in [6, 6.07) is 11.8. The minimum Gasteiger partial charge on any atom is -0.351 e. The zero-order valence-corrected chi connectivity index (χ0v) is 13.3. The van der Waals surface area contributed by atoms with Crippen molar-refractivity contribution in [3.8, 4) is 0 Å². The van der Waals surface area contributed by atoms with Crippen LogP contribution in [-0.4, -0.2) is 22.4 Å². The highest BCUT2D eigenvalue weighted by atomic mass is 16.1. The van der Waals surface area contributed by atoms with E-state index >= 15 is 0 Å². The van der Waals surface area contributed by atoms with Crippen molar-refractivity contribution in [1.29, 1.82) is 0 Å². The molecule has 2 aromatic rings. The Hall–Kier alpha value is -2.43. The van der Waals surface area contributed by atoms with Crippen molar-refractivity contribution in [3.05, 3.63) is 53.3 Å². The second kappa shape index (κ2) is 7.54. The highest BCUT2D eigenvalue weighted by molar-refractivity contribution is 5.92. The van der Waals surface area contributed by atoms with Crippen molar-refractivity contribution in [3.63, 3.8) is 0 Å². The number of carbonyl (C=O) groups is 1. The van der Waals surface area contributed by atoms with Crippen LogP contribution in [0.25, 0.3) is 0 Å². The summed E-state index contributed by atoms with van der Waals surface area (Å²) in [5, 5.41) is 6.08. The molecular formula is C17H22N4O. The van der Waals surface area contributed by atoms with Crippen LogP contribution in [0.3, 0.4) is 0 Å². The second-order valence-electron chi connectivity index (χ2n) is 5.25. The molecule has 0 radical (unpaired) electrons. The number of nitrogens with zero attached hydrogens (tertiary/aromatic N) is 2. The molecule has 1 heterocycles. The SMILES string of the molecule is CCCNC(=O)c1cc(C)nc(NC(C)c2ccccc2)n1. The lowest BCUT2D eigenvalue weighted by Crippen LogP contribution is -2.25. The Labute approximate surface area is 131 Å². The van der Waals surface area contributed by atoms with Gasteiger partial charge in [0.25, 0.3) is 5.91 Å². The van der Waals surface area contributed by atoms with Crippen molar-refractivity contribution in [2.75, 3.05) is 11.9 Å². The third-order valence-corrected chi connectivity index (χ3v) is 3.27. The quantitative estimate of drug-likeness (QED) is 0.860. The molecule has 5 nitrogen and oxygen atoms in total. The number of aryl methyl sites for hydroxylation is 1. The van der Waals surface area contributed by atoms with Crippen LogP contribution in [0, 0.1) is 6.92 Å². The summed E-state index contributed by atoms with van der Waals surface area (Å²) in [6.07, 6.45) is 0.895. The zero-order valence-electron chi connectivity index (χ0n) is 13.3. The Bertz CT molecular complexity index is 628. The summed E-state index contributed by atoms with van der Waals surface area (Å²) in [4.78, 5) is 20.7. The normalized spacial score (nSPS) is 11.8. The van der Waals surface area contributed by atoms with Crippen LogP contribution in [0.15, 0.2) is 36.4 Å². The maximum absolute atomic E-state index is 12.0. The number of hydrogen-bond donors (Lipinski definition) is 2. The van der Waals surface area contributed by atoms with Gasteiger partial charge in [0, 0.05) is 12.2 Å². The molecule has 0 saturated carbocycles. The third kappa shape index (κ3) is 4.28. The van der Waals surface area contributed by atoms with E-state index in [9.17, 15) is 4.79 Å². The first kappa shape index (κ1) is 15.9. The smallest absolute Gasteiger partial charge is 0.270 e. The van der Waals surface area contributed by atoms with Gasteiger partial charge >= 0.3 is 0 Å². The van der Waals surface area contributed by atoms with Crippen LogP contribution in [0.4, 0.5) is 5.95 Å². The van der Waals surface area contributed by atoms with E-state index in [1.54, 1.807) is 6.07 Å². The summed E-state index contributed by atoms with van der Waals surface area (Å²) in [7, 11) is 0. The van der Waals surface area contributed by atoms with Gasteiger partial charge in [-0.25, -0.2) is 9.97 Å². The number of aromatic nitrogens is 2. The highest BCUT2D eigenvalue weighted by Crippen LogP contribution is 2.16. The van der Waals surface area contributed by atoms with Crippen LogP contribution in [-0.2, 0) is 0 Å². The van der Waals surface area contributed by atoms with Crippen molar-refractivity contribution >= 4 is 11.9 Å². The van der Waals surface area contributed by atoms with Gasteiger partial charge in [0.1, 0.15) is 5.69 Å². The van der Waals surface area contributed by atoms with E-state index in [4.69, 9.17) is 0 Å². The number of benzene rings is 1. The van der Waals surface area contributed by atoms with E-state index < -0.39 is 0 Å². The lowest BCUT2D eigenvalue weighted by atomic mass is 10.1. The van der Waals surface area contributed by atoms with Crippen molar-refractivity contribution in [1.82, 2.24) is 15.3 Å². The standard InChI is InChI=1S/C17H22N4O/c1-4-10-18-16(22)15-11-12(2)19-17(21-15)20-13(3)14-8-6-5-7-9-14/h5-9,11,13H,4,10H2,1-3H3,(H,18,22)(H,19,20,21). The van der Waals surface area contributed by atoms with Crippen LogP contribution in [0.5, 0.6) is 0 Å². The summed E-state index contributed by atoms with van der Waals surface area (Å²) >= 11 is 0. The summed E-state index contributed by atoms with van der Waals surface area (Å²) in [6.45, 7) is 6.56. The van der Waals surface area contributed by atoms with Crippen LogP contribution >= 0.6 is 0 Å². The molecule has 1 amide bonds. The van der Waals surface area contributed by atoms with Gasteiger partial charge in [-0.3, -0.25) is 4.79 Å². The molecule has 116 valence electrons. The van der Waals surface area contributed by atoms with Crippen LogP contribution in [0.2, 0.25) is 0 Å². The van der Waals surface area contributed by atoms with E-state index in [0.29, 0.717) is 18.2 Å². The first-order valence-electron chi connectivity index (χ1n) is 7.55. The Morgan fingerprint density at radius 3 is 2.64 bits per heavy atom. The maximum Gasteiger partial charge on any atom is 0.270 e. The van der Waals surface area contributed by atoms with Gasteiger partial charge in [0.15, 0.2) is 0 Å². The summed E-state index contributed by atoms with van der Waals surface area (Å²) in [5.41, 5.74) is 2.30. The van der Waals surface area contributed by atoms with E-state index in [-0.39, 0.29) is 11.9 Å². The number of hydrogen-bond acceptors (Lipinski definition) is 4. The summed E-state index contributed by atoms with van der Waals surface area (Å²) in [5.74, 6) is 0.306. The van der Waals surface area contributed by atoms with Gasteiger partial charge in [0.2, 0.25) is 5.95 Å². The van der Waals surface area contributed by atoms with Crippen molar-refractivity contribution in [2.45, 2.75) is 33.2 Å². The minimum absolute atomic E-state index is 0.0644. The molecule has 0 spiro atoms. The molecule has 22 heavy (non-hydrogen) atoms. The van der Waals surface area contributed by atoms with Crippen LogP contribution in [0.1, 0.15) is 48.1 Å². The van der Waals surface area contributed by atoms with Gasteiger partial charge in [-0.1, -0.05) is 37.3 Å². The van der Waals surface area contributed by atoms with E-state index in [0.717, 1.165) is 17.7 Å². The third-order valence-electron chi connectivity index (χ3n) is 3.27. The molecule has 1 aromatic carbocycles. The number of amides is 1. The molecule has 0 bridgehead atoms. The maximum atomic E-state index is 12.0. The fourth-order valence-corrected chi connectivity index (χ4v) is 2.10. The molecule has 1 unspecified atom stereocenters. The van der Waals surface area contributed by atoms with Crippen molar-refractivity contribution < 1.29 is 4.79 Å². The lowest BCUT2D eigenvalue weighted by Gasteiger charge is -2.15. The predicted molar refractivity (Wildman–Crippen MR) is 87.9 cm³/mol. The molecule has 1 aromatic heterocycles. The monoisotopic (exact) mass is 298 g/mol.